The van der Waals surface area contributed by atoms with Crippen LogP contribution in [-0.2, 0) is 0 Å². The maximum Gasteiger partial charge on any atom is 0.0782 e. The summed E-state index contributed by atoms with van der Waals surface area (Å²) < 4.78 is 0. The fraction of sp³-hybridized carbons (Fsp3) is 0.333. The van der Waals surface area contributed by atoms with Gasteiger partial charge in [-0.25, -0.2) is 0 Å². The van der Waals surface area contributed by atoms with Crippen LogP contribution >= 0.6 is 11.6 Å². The van der Waals surface area contributed by atoms with Gasteiger partial charge < -0.3 is 0 Å². The number of hydrogen-bond acceptors (Lipinski definition) is 1. The molecule has 104 valence electrons. The molecule has 0 spiro atoms. The minimum atomic E-state index is -0.00306. The molecule has 2 atom stereocenters. The number of rotatable bonds is 4. The average Bonchev–Trinajstić information content (AvgIpc) is 3.03. The van der Waals surface area contributed by atoms with E-state index in [0.29, 0.717) is 0 Å². The van der Waals surface area contributed by atoms with E-state index >= 15 is 0 Å². The van der Waals surface area contributed by atoms with E-state index in [2.05, 4.69) is 59.5 Å². The third kappa shape index (κ3) is 2.89. The summed E-state index contributed by atoms with van der Waals surface area (Å²) in [5.41, 5.74) is 2.52. The van der Waals surface area contributed by atoms with Gasteiger partial charge in [0.25, 0.3) is 0 Å². The maximum absolute atomic E-state index is 6.85. The number of likely N-dealkylation sites (tertiary alicyclic amines) is 1. The molecule has 1 aliphatic rings. The highest BCUT2D eigenvalue weighted by atomic mass is 35.5. The lowest BCUT2D eigenvalue weighted by atomic mass is 9.97. The average molecular weight is 286 g/mol. The summed E-state index contributed by atoms with van der Waals surface area (Å²) in [6.45, 7) is 2.30. The quantitative estimate of drug-likeness (QED) is 0.729. The highest BCUT2D eigenvalue weighted by Gasteiger charge is 2.30. The molecule has 1 nitrogen and oxygen atoms in total. The Hall–Kier alpha value is -1.31. The van der Waals surface area contributed by atoms with Crippen LogP contribution in [0.15, 0.2) is 60.7 Å². The van der Waals surface area contributed by atoms with Gasteiger partial charge in [0, 0.05) is 0 Å². The fourth-order valence-electron chi connectivity index (χ4n) is 3.05. The first kappa shape index (κ1) is 13.7. The first-order valence-corrected chi connectivity index (χ1v) is 7.78. The van der Waals surface area contributed by atoms with Crippen molar-refractivity contribution >= 4 is 11.6 Å². The Labute approximate surface area is 126 Å². The van der Waals surface area contributed by atoms with Crippen molar-refractivity contribution in [2.75, 3.05) is 13.1 Å². The number of hydrogen-bond donors (Lipinski definition) is 0. The summed E-state index contributed by atoms with van der Waals surface area (Å²) in [6, 6.07) is 21.4. The van der Waals surface area contributed by atoms with Crippen LogP contribution in [0.1, 0.15) is 35.4 Å². The van der Waals surface area contributed by atoms with Gasteiger partial charge in [0.15, 0.2) is 0 Å². The molecular weight excluding hydrogens is 266 g/mol. The van der Waals surface area contributed by atoms with E-state index in [4.69, 9.17) is 11.6 Å². The molecule has 3 rings (SSSR count). The van der Waals surface area contributed by atoms with E-state index < -0.39 is 0 Å². The molecule has 0 aromatic heterocycles. The van der Waals surface area contributed by atoms with Gasteiger partial charge in [0.2, 0.25) is 0 Å². The van der Waals surface area contributed by atoms with Crippen LogP contribution in [0, 0.1) is 0 Å². The Morgan fingerprint density at radius 1 is 0.750 bits per heavy atom. The third-order valence-electron chi connectivity index (χ3n) is 4.07. The monoisotopic (exact) mass is 285 g/mol. The van der Waals surface area contributed by atoms with E-state index in [1.165, 1.54) is 24.0 Å². The summed E-state index contributed by atoms with van der Waals surface area (Å²) in [4.78, 5) is 2.53. The number of benzene rings is 2. The van der Waals surface area contributed by atoms with Crippen LogP contribution < -0.4 is 0 Å². The van der Waals surface area contributed by atoms with E-state index in [1.807, 2.05) is 6.07 Å². The van der Waals surface area contributed by atoms with Crippen molar-refractivity contribution in [1.82, 2.24) is 4.90 Å². The van der Waals surface area contributed by atoms with Crippen molar-refractivity contribution in [3.05, 3.63) is 71.8 Å². The molecular formula is C18H20ClN. The SMILES string of the molecule is Cl[C@H](c1ccccc1)[C@@H](c1ccccc1)N1CCCC1. The van der Waals surface area contributed by atoms with Gasteiger partial charge in [-0.05, 0) is 37.1 Å². The minimum Gasteiger partial charge on any atom is -0.295 e. The highest BCUT2D eigenvalue weighted by molar-refractivity contribution is 6.21. The van der Waals surface area contributed by atoms with Crippen molar-refractivity contribution in [3.63, 3.8) is 0 Å². The topological polar surface area (TPSA) is 3.24 Å². The Balaban J connectivity index is 1.93. The molecule has 20 heavy (non-hydrogen) atoms. The lowest BCUT2D eigenvalue weighted by molar-refractivity contribution is 0.238. The second-order valence-corrected chi connectivity index (χ2v) is 5.88. The zero-order valence-electron chi connectivity index (χ0n) is 11.6. The zero-order chi connectivity index (χ0) is 13.8. The van der Waals surface area contributed by atoms with Gasteiger partial charge in [-0.2, -0.15) is 0 Å². The number of nitrogens with zero attached hydrogens (tertiary/aromatic N) is 1. The lowest BCUT2D eigenvalue weighted by Gasteiger charge is -2.32. The summed E-state index contributed by atoms with van der Waals surface area (Å²) in [7, 11) is 0. The molecule has 0 saturated carbocycles. The van der Waals surface area contributed by atoms with Gasteiger partial charge in [0.05, 0.1) is 11.4 Å². The Kier molecular flexibility index (Phi) is 4.39. The molecule has 0 aliphatic carbocycles. The van der Waals surface area contributed by atoms with Gasteiger partial charge >= 0.3 is 0 Å². The van der Waals surface area contributed by atoms with Crippen molar-refractivity contribution in [2.24, 2.45) is 0 Å². The van der Waals surface area contributed by atoms with Crippen molar-refractivity contribution < 1.29 is 0 Å². The summed E-state index contributed by atoms with van der Waals surface area (Å²) in [5.74, 6) is 0. The van der Waals surface area contributed by atoms with E-state index in [-0.39, 0.29) is 11.4 Å². The van der Waals surface area contributed by atoms with Crippen LogP contribution in [0.2, 0.25) is 0 Å². The van der Waals surface area contributed by atoms with Crippen LogP contribution in [0.25, 0.3) is 0 Å². The number of alkyl halides is 1. The molecule has 0 radical (unpaired) electrons. The Bertz CT molecular complexity index is 520. The molecule has 0 bridgehead atoms. The molecule has 2 aromatic rings. The van der Waals surface area contributed by atoms with Gasteiger partial charge in [-0.15, -0.1) is 11.6 Å². The molecule has 0 amide bonds. The van der Waals surface area contributed by atoms with Crippen LogP contribution in [0.4, 0.5) is 0 Å². The number of halogens is 1. The highest BCUT2D eigenvalue weighted by Crippen LogP contribution is 2.40. The molecule has 1 heterocycles. The lowest BCUT2D eigenvalue weighted by Crippen LogP contribution is -2.28. The van der Waals surface area contributed by atoms with Crippen LogP contribution in [0.5, 0.6) is 0 Å². The largest absolute Gasteiger partial charge is 0.295 e. The summed E-state index contributed by atoms with van der Waals surface area (Å²) in [5, 5.41) is -0.00306. The smallest absolute Gasteiger partial charge is 0.0782 e. The molecule has 1 aliphatic heterocycles. The predicted octanol–water partition coefficient (Wildman–Crippen LogP) is 4.80. The Morgan fingerprint density at radius 2 is 1.25 bits per heavy atom. The third-order valence-corrected chi connectivity index (χ3v) is 4.56. The molecule has 0 N–H and O–H groups in total. The van der Waals surface area contributed by atoms with Crippen molar-refractivity contribution in [1.29, 1.82) is 0 Å². The zero-order valence-corrected chi connectivity index (χ0v) is 12.3. The normalized spacial score (nSPS) is 18.9. The molecule has 1 saturated heterocycles. The van der Waals surface area contributed by atoms with Crippen molar-refractivity contribution in [2.45, 2.75) is 24.3 Å². The second-order valence-electron chi connectivity index (χ2n) is 5.41. The first-order valence-electron chi connectivity index (χ1n) is 7.34. The molecule has 2 heteroatoms. The maximum atomic E-state index is 6.85. The molecule has 2 aromatic carbocycles. The Morgan fingerprint density at radius 3 is 1.80 bits per heavy atom. The van der Waals surface area contributed by atoms with Gasteiger partial charge in [-0.1, -0.05) is 60.7 Å². The molecule has 0 unspecified atom stereocenters. The molecule has 1 fully saturated rings. The summed E-state index contributed by atoms with van der Waals surface area (Å²) in [6.07, 6.45) is 2.56. The van der Waals surface area contributed by atoms with E-state index in [0.717, 1.165) is 13.1 Å². The first-order chi connectivity index (χ1) is 9.86. The minimum absolute atomic E-state index is 0.00306. The summed E-state index contributed by atoms with van der Waals surface area (Å²) >= 11 is 6.85. The predicted molar refractivity (Wildman–Crippen MR) is 85.0 cm³/mol. The standard InChI is InChI=1S/C18H20ClN/c19-17(15-9-3-1-4-10-15)18(20-13-7-8-14-20)16-11-5-2-6-12-16/h1-6,9-12,17-18H,7-8,13-14H2/t17-,18-/m1/s1. The van der Waals surface area contributed by atoms with E-state index in [9.17, 15) is 0 Å². The fourth-order valence-corrected chi connectivity index (χ4v) is 3.50. The van der Waals surface area contributed by atoms with Crippen molar-refractivity contribution in [3.8, 4) is 0 Å². The van der Waals surface area contributed by atoms with Gasteiger partial charge in [-0.3, -0.25) is 4.90 Å². The van der Waals surface area contributed by atoms with Gasteiger partial charge in [0.1, 0.15) is 0 Å². The second kappa shape index (κ2) is 6.43. The van der Waals surface area contributed by atoms with E-state index in [1.54, 1.807) is 0 Å². The van der Waals surface area contributed by atoms with Crippen LogP contribution in [-0.4, -0.2) is 18.0 Å². The van der Waals surface area contributed by atoms with Crippen LogP contribution in [0.3, 0.4) is 0 Å².